The van der Waals surface area contributed by atoms with Crippen molar-refractivity contribution in [1.82, 2.24) is 14.6 Å². The summed E-state index contributed by atoms with van der Waals surface area (Å²) in [5, 5.41) is 5.20. The molecule has 0 amide bonds. The quantitative estimate of drug-likeness (QED) is 0.201. The lowest BCUT2D eigenvalue weighted by atomic mass is 9.92. The van der Waals surface area contributed by atoms with Gasteiger partial charge >= 0.3 is 5.97 Å². The molecule has 3 aliphatic rings. The Bertz CT molecular complexity index is 1800. The molecule has 6 bridgehead atoms. The minimum Gasteiger partial charge on any atom is -0.490 e. The zero-order valence-electron chi connectivity index (χ0n) is 30.5. The van der Waals surface area contributed by atoms with E-state index in [1.807, 2.05) is 38.3 Å². The molecule has 3 aliphatic heterocycles. The number of methoxy groups -OCH3 is 1. The summed E-state index contributed by atoms with van der Waals surface area (Å²) in [7, 11) is 1.40. The highest BCUT2D eigenvalue weighted by Gasteiger charge is 2.38. The summed E-state index contributed by atoms with van der Waals surface area (Å²) in [5.41, 5.74) is 6.30. The van der Waals surface area contributed by atoms with Crippen LogP contribution in [-0.4, -0.2) is 64.7 Å². The van der Waals surface area contributed by atoms with Crippen LogP contribution in [0.1, 0.15) is 96.1 Å². The second-order valence-corrected chi connectivity index (χ2v) is 15.0. The highest BCUT2D eigenvalue weighted by Crippen LogP contribution is 2.40. The summed E-state index contributed by atoms with van der Waals surface area (Å²) in [6, 6.07) is 16.9. The predicted molar refractivity (Wildman–Crippen MR) is 193 cm³/mol. The molecule has 0 unspecified atom stereocenters. The van der Waals surface area contributed by atoms with Crippen molar-refractivity contribution in [2.75, 3.05) is 31.7 Å². The van der Waals surface area contributed by atoms with Gasteiger partial charge in [0.1, 0.15) is 11.6 Å². The van der Waals surface area contributed by atoms with Crippen LogP contribution in [0.25, 0.3) is 28.0 Å². The van der Waals surface area contributed by atoms with Crippen LogP contribution in [0.3, 0.4) is 0 Å². The molecule has 0 spiro atoms. The average Bonchev–Trinajstić information content (AvgIpc) is 3.48. The molecule has 7 rings (SSSR count). The number of carbonyl (C=O) groups excluding carboxylic acids is 1. The van der Waals surface area contributed by atoms with E-state index in [4.69, 9.17) is 29.0 Å². The number of hydrogen-bond donors (Lipinski definition) is 0. The summed E-state index contributed by atoms with van der Waals surface area (Å²) in [5.74, 6) is 1.23. The molecule has 4 aromatic rings. The number of nitrogens with zero attached hydrogens (tertiary/aromatic N) is 4. The molecule has 1 fully saturated rings. The number of anilines is 1. The Hall–Kier alpha value is -3.95. The SMILES string of the molecule is COC(=O)[C@@H](OC(C)(C)C)c1c(C)nc2cc3nn2c1N1CCC(C)(CC1)OCCCCC[C@H](C)Oc1ccc(C)cc1-c1cccc-3c1. The van der Waals surface area contributed by atoms with Crippen LogP contribution in [0.4, 0.5) is 5.82 Å². The Labute approximate surface area is 290 Å². The molecule has 5 heterocycles. The van der Waals surface area contributed by atoms with Crippen molar-refractivity contribution in [3.8, 4) is 28.1 Å². The summed E-state index contributed by atoms with van der Waals surface area (Å²) in [6.45, 7) is 16.5. The van der Waals surface area contributed by atoms with E-state index >= 15 is 0 Å². The van der Waals surface area contributed by atoms with Gasteiger partial charge in [0.15, 0.2) is 11.8 Å². The van der Waals surface area contributed by atoms with E-state index in [0.717, 1.165) is 92.2 Å². The highest BCUT2D eigenvalue weighted by atomic mass is 16.6. The molecule has 0 aliphatic carbocycles. The lowest BCUT2D eigenvalue weighted by Crippen LogP contribution is -2.46. The predicted octanol–water partition coefficient (Wildman–Crippen LogP) is 8.43. The fourth-order valence-corrected chi connectivity index (χ4v) is 7.01. The van der Waals surface area contributed by atoms with Gasteiger partial charge in [-0.3, -0.25) is 0 Å². The molecule has 9 heteroatoms. The number of piperidine rings is 1. The number of aromatic nitrogens is 3. The zero-order valence-corrected chi connectivity index (χ0v) is 30.5. The van der Waals surface area contributed by atoms with Crippen LogP contribution >= 0.6 is 0 Å². The average molecular weight is 669 g/mol. The molecule has 1 saturated heterocycles. The number of fused-ring (bicyclic) bond motifs is 9. The maximum Gasteiger partial charge on any atom is 0.339 e. The van der Waals surface area contributed by atoms with Gasteiger partial charge in [-0.25, -0.2) is 9.78 Å². The van der Waals surface area contributed by atoms with Gasteiger partial charge in [-0.05, 0) is 104 Å². The third-order valence-electron chi connectivity index (χ3n) is 9.71. The van der Waals surface area contributed by atoms with Crippen LogP contribution in [0, 0.1) is 13.8 Å². The second kappa shape index (κ2) is 14.1. The van der Waals surface area contributed by atoms with Crippen molar-refractivity contribution in [2.45, 2.75) is 110 Å². The molecular formula is C40H52N4O5. The Morgan fingerprint density at radius 2 is 1.78 bits per heavy atom. The number of ether oxygens (including phenoxy) is 4. The minimum absolute atomic E-state index is 0.0953. The summed E-state index contributed by atoms with van der Waals surface area (Å²) in [4.78, 5) is 20.8. The standard InChI is InChI=1S/C40H52N4O5/c1-26-16-17-33-31(23-26)29-14-12-15-30(24-29)32-25-34-41-28(3)35(36(38(45)46-8)49-39(4,5)6)37(44(34)42-32)43-20-18-40(7,19-21-43)47-22-11-9-10-13-27(2)48-33/h12,14-17,23-25,27,36H,9-11,13,18-22H2,1-8H3/t27-,36-/m0/s1. The smallest absolute Gasteiger partial charge is 0.339 e. The second-order valence-electron chi connectivity index (χ2n) is 15.0. The van der Waals surface area contributed by atoms with Crippen molar-refractivity contribution in [1.29, 1.82) is 0 Å². The van der Waals surface area contributed by atoms with Gasteiger partial charge in [0.2, 0.25) is 0 Å². The number of rotatable bonds is 3. The lowest BCUT2D eigenvalue weighted by Gasteiger charge is -2.41. The first-order chi connectivity index (χ1) is 23.3. The first kappa shape index (κ1) is 34.9. The summed E-state index contributed by atoms with van der Waals surface area (Å²) >= 11 is 0. The van der Waals surface area contributed by atoms with Gasteiger partial charge in [-0.15, -0.1) is 0 Å². The molecule has 262 valence electrons. The molecule has 9 nitrogen and oxygen atoms in total. The lowest BCUT2D eigenvalue weighted by molar-refractivity contribution is -0.164. The molecule has 0 radical (unpaired) electrons. The van der Waals surface area contributed by atoms with Crippen LogP contribution in [0.5, 0.6) is 5.75 Å². The van der Waals surface area contributed by atoms with Crippen LogP contribution < -0.4 is 9.64 Å². The van der Waals surface area contributed by atoms with E-state index in [1.54, 1.807) is 0 Å². The molecule has 0 saturated carbocycles. The number of esters is 1. The van der Waals surface area contributed by atoms with E-state index in [2.05, 4.69) is 68.1 Å². The van der Waals surface area contributed by atoms with E-state index in [1.165, 1.54) is 12.7 Å². The first-order valence-electron chi connectivity index (χ1n) is 17.8. The minimum atomic E-state index is -0.978. The van der Waals surface area contributed by atoms with E-state index in [0.29, 0.717) is 16.9 Å². The fraction of sp³-hybridized carbons (Fsp3) is 0.525. The van der Waals surface area contributed by atoms with Gasteiger partial charge < -0.3 is 23.8 Å². The number of aryl methyl sites for hydroxylation is 2. The Kier molecular flexibility index (Phi) is 10.1. The molecule has 2 aromatic carbocycles. The molecule has 49 heavy (non-hydrogen) atoms. The van der Waals surface area contributed by atoms with Crippen LogP contribution in [0.2, 0.25) is 0 Å². The molecule has 0 N–H and O–H groups in total. The van der Waals surface area contributed by atoms with Gasteiger partial charge in [0, 0.05) is 42.6 Å². The molecule has 2 aromatic heterocycles. The van der Waals surface area contributed by atoms with Gasteiger partial charge in [-0.2, -0.15) is 9.61 Å². The Morgan fingerprint density at radius 1 is 1.02 bits per heavy atom. The van der Waals surface area contributed by atoms with Gasteiger partial charge in [-0.1, -0.05) is 36.2 Å². The maximum atomic E-state index is 13.4. The first-order valence-corrected chi connectivity index (χ1v) is 17.8. The van der Waals surface area contributed by atoms with Crippen molar-refractivity contribution < 1.29 is 23.7 Å². The van der Waals surface area contributed by atoms with Crippen LogP contribution in [0.15, 0.2) is 48.5 Å². The highest BCUT2D eigenvalue weighted by molar-refractivity contribution is 5.81. The van der Waals surface area contributed by atoms with Gasteiger partial charge in [0.05, 0.1) is 35.7 Å². The number of benzene rings is 2. The fourth-order valence-electron chi connectivity index (χ4n) is 7.01. The Morgan fingerprint density at radius 3 is 2.51 bits per heavy atom. The third-order valence-corrected chi connectivity index (χ3v) is 9.71. The number of carbonyl (C=O) groups is 1. The number of hydrogen-bond acceptors (Lipinski definition) is 8. The maximum absolute atomic E-state index is 13.4. The van der Waals surface area contributed by atoms with Crippen molar-refractivity contribution in [2.24, 2.45) is 0 Å². The monoisotopic (exact) mass is 668 g/mol. The third kappa shape index (κ3) is 7.78. The normalized spacial score (nSPS) is 21.1. The largest absolute Gasteiger partial charge is 0.490 e. The van der Waals surface area contributed by atoms with Crippen molar-refractivity contribution >= 4 is 17.4 Å². The van der Waals surface area contributed by atoms with E-state index in [9.17, 15) is 4.79 Å². The topological polar surface area (TPSA) is 87.4 Å². The summed E-state index contributed by atoms with van der Waals surface area (Å²) in [6.07, 6.45) is 5.00. The molecule has 2 atom stereocenters. The van der Waals surface area contributed by atoms with Crippen molar-refractivity contribution in [3.63, 3.8) is 0 Å². The molecular weight excluding hydrogens is 616 g/mol. The van der Waals surface area contributed by atoms with Crippen molar-refractivity contribution in [3.05, 3.63) is 65.4 Å². The van der Waals surface area contributed by atoms with E-state index < -0.39 is 17.7 Å². The van der Waals surface area contributed by atoms with Crippen LogP contribution in [-0.2, 0) is 19.0 Å². The zero-order chi connectivity index (χ0) is 34.9. The van der Waals surface area contributed by atoms with E-state index in [-0.39, 0.29) is 11.7 Å². The Balaban J connectivity index is 1.53. The summed E-state index contributed by atoms with van der Waals surface area (Å²) < 4.78 is 26.8. The van der Waals surface area contributed by atoms with Gasteiger partial charge in [0.25, 0.3) is 0 Å².